The van der Waals surface area contributed by atoms with Crippen LogP contribution in [-0.2, 0) is 4.79 Å². The third kappa shape index (κ3) is 4.06. The van der Waals surface area contributed by atoms with E-state index < -0.39 is 5.54 Å². The van der Waals surface area contributed by atoms with Gasteiger partial charge in [0.05, 0.1) is 6.54 Å². The van der Waals surface area contributed by atoms with Gasteiger partial charge in [-0.2, -0.15) is 0 Å². The largest absolute Gasteiger partial charge is 0.339 e. The Hall–Kier alpha value is -2.28. The number of carbonyl (C=O) groups is 3. The number of rotatable bonds is 6. The van der Waals surface area contributed by atoms with Crippen LogP contribution in [0, 0.1) is 5.92 Å². The minimum absolute atomic E-state index is 0.0157. The smallest absolute Gasteiger partial charge is 0.325 e. The number of hydrogen-bond donors (Lipinski definition) is 1. The van der Waals surface area contributed by atoms with Gasteiger partial charge in [-0.05, 0) is 62.6 Å². The SMILES string of the molecule is C=C(C)CN1C(=O)NC(CC)(C2CCN(C(=O)c3ccc(SC)cc3)CC2)C1=O. The number of benzene rings is 1. The summed E-state index contributed by atoms with van der Waals surface area (Å²) >= 11 is 1.64. The summed E-state index contributed by atoms with van der Waals surface area (Å²) in [4.78, 5) is 42.6. The monoisotopic (exact) mass is 415 g/mol. The number of nitrogens with one attached hydrogen (secondary N) is 1. The topological polar surface area (TPSA) is 69.7 Å². The van der Waals surface area contributed by atoms with Crippen molar-refractivity contribution in [3.63, 3.8) is 0 Å². The molecule has 2 saturated heterocycles. The fraction of sp³-hybridized carbons (Fsp3) is 0.500. The Morgan fingerprint density at radius 3 is 2.38 bits per heavy atom. The van der Waals surface area contributed by atoms with Crippen LogP contribution in [0.15, 0.2) is 41.3 Å². The van der Waals surface area contributed by atoms with Crippen LogP contribution in [-0.4, -0.2) is 59.1 Å². The molecule has 0 spiro atoms. The van der Waals surface area contributed by atoms with Crippen molar-refractivity contribution < 1.29 is 14.4 Å². The Labute approximate surface area is 176 Å². The van der Waals surface area contributed by atoms with Crippen molar-refractivity contribution in [1.29, 1.82) is 0 Å². The third-order valence-corrected chi connectivity index (χ3v) is 6.75. The lowest BCUT2D eigenvalue weighted by Gasteiger charge is -2.40. The third-order valence-electron chi connectivity index (χ3n) is 6.00. The van der Waals surface area contributed by atoms with E-state index in [1.807, 2.05) is 49.3 Å². The quantitative estimate of drug-likeness (QED) is 0.438. The highest BCUT2D eigenvalue weighted by molar-refractivity contribution is 7.98. The molecule has 2 aliphatic heterocycles. The summed E-state index contributed by atoms with van der Waals surface area (Å²) < 4.78 is 0. The van der Waals surface area contributed by atoms with Crippen LogP contribution in [0.1, 0.15) is 43.5 Å². The average Bonchev–Trinajstić information content (AvgIpc) is 2.98. The number of thioether (sulfide) groups is 1. The number of nitrogens with zero attached hydrogens (tertiary/aromatic N) is 2. The zero-order valence-corrected chi connectivity index (χ0v) is 18.2. The maximum absolute atomic E-state index is 13.1. The van der Waals surface area contributed by atoms with E-state index in [9.17, 15) is 14.4 Å². The van der Waals surface area contributed by atoms with Crippen LogP contribution in [0.2, 0.25) is 0 Å². The molecule has 0 bridgehead atoms. The molecule has 156 valence electrons. The van der Waals surface area contributed by atoms with Crippen LogP contribution >= 0.6 is 11.8 Å². The zero-order valence-electron chi connectivity index (χ0n) is 17.4. The molecule has 6 nitrogen and oxygen atoms in total. The minimum Gasteiger partial charge on any atom is -0.339 e. The van der Waals surface area contributed by atoms with E-state index in [1.54, 1.807) is 11.8 Å². The van der Waals surface area contributed by atoms with Crippen LogP contribution in [0.25, 0.3) is 0 Å². The summed E-state index contributed by atoms with van der Waals surface area (Å²) in [5.74, 6) is -0.125. The Morgan fingerprint density at radius 2 is 1.86 bits per heavy atom. The molecule has 0 aromatic heterocycles. The van der Waals surface area contributed by atoms with Gasteiger partial charge in [0.15, 0.2) is 0 Å². The predicted molar refractivity (Wildman–Crippen MR) is 115 cm³/mol. The maximum atomic E-state index is 13.1. The molecule has 1 aromatic carbocycles. The van der Waals surface area contributed by atoms with Crippen molar-refractivity contribution in [2.45, 2.75) is 43.5 Å². The van der Waals surface area contributed by atoms with E-state index in [0.717, 1.165) is 10.5 Å². The van der Waals surface area contributed by atoms with E-state index in [1.165, 1.54) is 4.90 Å². The molecule has 2 heterocycles. The molecule has 1 N–H and O–H groups in total. The number of piperidine rings is 1. The summed E-state index contributed by atoms with van der Waals surface area (Å²) in [7, 11) is 0. The summed E-state index contributed by atoms with van der Waals surface area (Å²) in [5.41, 5.74) is 0.583. The van der Waals surface area contributed by atoms with Gasteiger partial charge in [-0.25, -0.2) is 4.79 Å². The number of urea groups is 1. The first-order valence-corrected chi connectivity index (χ1v) is 11.3. The summed E-state index contributed by atoms with van der Waals surface area (Å²) in [6, 6.07) is 7.31. The fourth-order valence-electron chi connectivity index (χ4n) is 4.35. The highest BCUT2D eigenvalue weighted by Crippen LogP contribution is 2.36. The Kier molecular flexibility index (Phi) is 6.36. The molecule has 1 aromatic rings. The van der Waals surface area contributed by atoms with E-state index in [-0.39, 0.29) is 30.3 Å². The van der Waals surface area contributed by atoms with Gasteiger partial charge >= 0.3 is 6.03 Å². The van der Waals surface area contributed by atoms with Gasteiger partial charge in [0.1, 0.15) is 5.54 Å². The van der Waals surface area contributed by atoms with E-state index in [2.05, 4.69) is 11.9 Å². The molecule has 0 saturated carbocycles. The minimum atomic E-state index is -0.873. The fourth-order valence-corrected chi connectivity index (χ4v) is 4.76. The lowest BCUT2D eigenvalue weighted by atomic mass is 9.75. The first-order chi connectivity index (χ1) is 13.8. The van der Waals surface area contributed by atoms with Crippen LogP contribution in [0.3, 0.4) is 0 Å². The van der Waals surface area contributed by atoms with Crippen molar-refractivity contribution >= 4 is 29.6 Å². The second-order valence-electron chi connectivity index (χ2n) is 7.90. The lowest BCUT2D eigenvalue weighted by Crippen LogP contribution is -2.56. The van der Waals surface area contributed by atoms with Crippen LogP contribution in [0.4, 0.5) is 4.79 Å². The van der Waals surface area contributed by atoms with Gasteiger partial charge in [-0.3, -0.25) is 14.5 Å². The molecule has 0 aliphatic carbocycles. The predicted octanol–water partition coefficient (Wildman–Crippen LogP) is 3.54. The van der Waals surface area contributed by atoms with Gasteiger partial charge < -0.3 is 10.2 Å². The first-order valence-electron chi connectivity index (χ1n) is 10.0. The molecular formula is C22H29N3O3S. The van der Waals surface area contributed by atoms with Crippen molar-refractivity contribution in [1.82, 2.24) is 15.1 Å². The number of hydrogen-bond acceptors (Lipinski definition) is 4. The highest BCUT2D eigenvalue weighted by Gasteiger charge is 2.54. The summed E-state index contributed by atoms with van der Waals surface area (Å²) in [6.45, 7) is 8.98. The summed E-state index contributed by atoms with van der Waals surface area (Å²) in [6.07, 6.45) is 3.93. The van der Waals surface area contributed by atoms with E-state index in [4.69, 9.17) is 0 Å². The van der Waals surface area contributed by atoms with Crippen molar-refractivity contribution in [3.8, 4) is 0 Å². The Bertz CT molecular complexity index is 815. The average molecular weight is 416 g/mol. The number of likely N-dealkylation sites (tertiary alicyclic amines) is 1. The molecular weight excluding hydrogens is 386 g/mol. The molecule has 2 fully saturated rings. The molecule has 29 heavy (non-hydrogen) atoms. The van der Waals surface area contributed by atoms with Crippen molar-refractivity contribution in [3.05, 3.63) is 42.0 Å². The van der Waals surface area contributed by atoms with Crippen molar-refractivity contribution in [2.24, 2.45) is 5.92 Å². The molecule has 4 amide bonds. The molecule has 1 atom stereocenters. The second kappa shape index (κ2) is 8.61. The zero-order chi connectivity index (χ0) is 21.2. The normalized spacial score (nSPS) is 22.7. The standard InChI is InChI=1S/C22H29N3O3S/c1-5-22(20(27)25(14-15(2)3)21(28)23-22)17-10-12-24(13-11-17)19(26)16-6-8-18(29-4)9-7-16/h6-9,17H,2,5,10-14H2,1,3-4H3,(H,23,28). The van der Waals surface area contributed by atoms with Crippen LogP contribution in [0.5, 0.6) is 0 Å². The van der Waals surface area contributed by atoms with E-state index >= 15 is 0 Å². The van der Waals surface area contributed by atoms with Gasteiger partial charge in [-0.15, -0.1) is 11.8 Å². The van der Waals surface area contributed by atoms with Gasteiger partial charge in [0.2, 0.25) is 0 Å². The molecule has 1 unspecified atom stereocenters. The number of amides is 4. The Morgan fingerprint density at radius 1 is 1.24 bits per heavy atom. The molecule has 7 heteroatoms. The van der Waals surface area contributed by atoms with Crippen LogP contribution < -0.4 is 5.32 Å². The lowest BCUT2D eigenvalue weighted by molar-refractivity contribution is -0.133. The number of imide groups is 1. The molecule has 0 radical (unpaired) electrons. The maximum Gasteiger partial charge on any atom is 0.325 e. The number of carbonyl (C=O) groups excluding carboxylic acids is 3. The molecule has 3 rings (SSSR count). The first kappa shape index (κ1) is 21.4. The highest BCUT2D eigenvalue weighted by atomic mass is 32.2. The van der Waals surface area contributed by atoms with E-state index in [0.29, 0.717) is 37.9 Å². The second-order valence-corrected chi connectivity index (χ2v) is 8.78. The van der Waals surface area contributed by atoms with Gasteiger partial charge in [-0.1, -0.05) is 19.1 Å². The Balaban J connectivity index is 1.68. The van der Waals surface area contributed by atoms with Crippen molar-refractivity contribution in [2.75, 3.05) is 25.9 Å². The van der Waals surface area contributed by atoms with Gasteiger partial charge in [0.25, 0.3) is 11.8 Å². The summed E-state index contributed by atoms with van der Waals surface area (Å²) in [5, 5.41) is 2.97. The van der Waals surface area contributed by atoms with Gasteiger partial charge in [0, 0.05) is 23.5 Å². The molecule has 2 aliphatic rings.